The molecule has 0 aliphatic carbocycles. The van der Waals surface area contributed by atoms with Crippen molar-refractivity contribution in [2.24, 2.45) is 0 Å². The Morgan fingerprint density at radius 2 is 2.36 bits per heavy atom. The largest absolute Gasteiger partial charge is 0.431 e. The molecular formula is C7H7NO3. The second-order valence-corrected chi connectivity index (χ2v) is 2.73. The Hall–Kier alpha value is -1.32. The van der Waals surface area contributed by atoms with Crippen LogP contribution in [0.4, 0.5) is 0 Å². The summed E-state index contributed by atoms with van der Waals surface area (Å²) in [6.07, 6.45) is 3.26. The Kier molecular flexibility index (Phi) is 0.952. The average molecular weight is 153 g/mol. The van der Waals surface area contributed by atoms with Crippen molar-refractivity contribution in [3.63, 3.8) is 0 Å². The molecule has 0 aromatic heterocycles. The van der Waals surface area contributed by atoms with Crippen molar-refractivity contribution < 1.29 is 14.3 Å². The van der Waals surface area contributed by atoms with E-state index in [-0.39, 0.29) is 18.3 Å². The van der Waals surface area contributed by atoms with E-state index in [1.54, 1.807) is 13.1 Å². The van der Waals surface area contributed by atoms with Crippen LogP contribution in [0, 0.1) is 0 Å². The maximum absolute atomic E-state index is 10.8. The van der Waals surface area contributed by atoms with Crippen molar-refractivity contribution in [2.45, 2.75) is 12.1 Å². The highest BCUT2D eigenvalue weighted by Crippen LogP contribution is 2.35. The molecule has 0 aromatic rings. The van der Waals surface area contributed by atoms with Crippen molar-refractivity contribution in [3.05, 3.63) is 12.2 Å². The number of carbonyl (C=O) groups is 2. The van der Waals surface area contributed by atoms with Crippen molar-refractivity contribution in [1.29, 1.82) is 0 Å². The molecule has 0 saturated carbocycles. The van der Waals surface area contributed by atoms with Gasteiger partial charge in [0.2, 0.25) is 11.6 Å². The maximum atomic E-state index is 10.8. The van der Waals surface area contributed by atoms with E-state index < -0.39 is 5.72 Å². The third kappa shape index (κ3) is 0.636. The summed E-state index contributed by atoms with van der Waals surface area (Å²) in [5.74, 6) is -0.367. The number of esters is 1. The lowest BCUT2D eigenvalue weighted by atomic mass is 9.99. The van der Waals surface area contributed by atoms with E-state index in [0.717, 1.165) is 0 Å². The summed E-state index contributed by atoms with van der Waals surface area (Å²) in [4.78, 5) is 22.9. The first-order valence-corrected chi connectivity index (χ1v) is 3.33. The van der Waals surface area contributed by atoms with Gasteiger partial charge in [0, 0.05) is 13.1 Å². The molecule has 1 fully saturated rings. The number of carbonyl (C=O) groups excluding carboxylic acids is 2. The van der Waals surface area contributed by atoms with Gasteiger partial charge < -0.3 is 9.64 Å². The molecule has 0 aromatic carbocycles. The second kappa shape index (κ2) is 1.64. The molecule has 58 valence electrons. The minimum absolute atomic E-state index is 0.00403. The molecule has 2 aliphatic heterocycles. The molecule has 4 nitrogen and oxygen atoms in total. The van der Waals surface area contributed by atoms with Crippen LogP contribution in [0.15, 0.2) is 12.2 Å². The highest BCUT2D eigenvalue weighted by molar-refractivity contribution is 5.92. The van der Waals surface area contributed by atoms with Crippen molar-refractivity contribution in [1.82, 2.24) is 4.90 Å². The molecule has 2 aliphatic rings. The van der Waals surface area contributed by atoms with Crippen molar-refractivity contribution in [3.8, 4) is 0 Å². The summed E-state index contributed by atoms with van der Waals surface area (Å²) in [5.41, 5.74) is -0.728. The van der Waals surface area contributed by atoms with Gasteiger partial charge >= 0.3 is 5.97 Å². The van der Waals surface area contributed by atoms with Gasteiger partial charge in [0.15, 0.2) is 0 Å². The number of amides is 1. The second-order valence-electron chi connectivity index (χ2n) is 2.73. The van der Waals surface area contributed by atoms with E-state index in [9.17, 15) is 9.59 Å². The van der Waals surface area contributed by atoms with Crippen LogP contribution in [0.5, 0.6) is 0 Å². The number of rotatable bonds is 0. The predicted molar refractivity (Wildman–Crippen MR) is 35.4 cm³/mol. The van der Waals surface area contributed by atoms with Gasteiger partial charge in [0.25, 0.3) is 0 Å². The summed E-state index contributed by atoms with van der Waals surface area (Å²) < 4.78 is 4.92. The standard InChI is InChI=1S/C7H7NO3/c1-8-5(9)4-7(8)3-2-6(10)11-7/h2-3H,4H2,1H3. The van der Waals surface area contributed by atoms with E-state index in [4.69, 9.17) is 4.74 Å². The third-order valence-electron chi connectivity index (χ3n) is 2.10. The zero-order valence-electron chi connectivity index (χ0n) is 6.03. The maximum Gasteiger partial charge on any atom is 0.333 e. The number of hydrogen-bond donors (Lipinski definition) is 0. The van der Waals surface area contributed by atoms with Gasteiger partial charge in [-0.15, -0.1) is 0 Å². The summed E-state index contributed by atoms with van der Waals surface area (Å²) in [6, 6.07) is 0. The number of nitrogens with zero attached hydrogens (tertiary/aromatic N) is 1. The highest BCUT2D eigenvalue weighted by atomic mass is 16.6. The van der Waals surface area contributed by atoms with E-state index in [1.807, 2.05) is 0 Å². The van der Waals surface area contributed by atoms with Crippen LogP contribution in [0.25, 0.3) is 0 Å². The fourth-order valence-corrected chi connectivity index (χ4v) is 1.29. The van der Waals surface area contributed by atoms with Gasteiger partial charge in [-0.2, -0.15) is 0 Å². The highest BCUT2D eigenvalue weighted by Gasteiger charge is 2.52. The van der Waals surface area contributed by atoms with Gasteiger partial charge in [-0.25, -0.2) is 4.79 Å². The fraction of sp³-hybridized carbons (Fsp3) is 0.429. The number of likely N-dealkylation sites (N-methyl/N-ethyl adjacent to an activating group) is 1. The van der Waals surface area contributed by atoms with Crippen LogP contribution in [0.2, 0.25) is 0 Å². The van der Waals surface area contributed by atoms with Gasteiger partial charge in [-0.05, 0) is 6.08 Å². The van der Waals surface area contributed by atoms with Gasteiger partial charge in [-0.1, -0.05) is 0 Å². The Morgan fingerprint density at radius 3 is 2.73 bits per heavy atom. The monoisotopic (exact) mass is 153 g/mol. The zero-order valence-corrected chi connectivity index (χ0v) is 6.03. The minimum atomic E-state index is -0.728. The smallest absolute Gasteiger partial charge is 0.333 e. The predicted octanol–water partition coefficient (Wildman–Crippen LogP) is -0.342. The normalized spacial score (nSPS) is 34.5. The van der Waals surface area contributed by atoms with Crippen LogP contribution in [-0.4, -0.2) is 29.5 Å². The van der Waals surface area contributed by atoms with Crippen molar-refractivity contribution >= 4 is 11.9 Å². The van der Waals surface area contributed by atoms with E-state index in [2.05, 4.69) is 0 Å². The molecule has 1 amide bonds. The summed E-state index contributed by atoms with van der Waals surface area (Å²) in [6.45, 7) is 0. The van der Waals surface area contributed by atoms with Crippen LogP contribution >= 0.6 is 0 Å². The molecule has 2 rings (SSSR count). The molecule has 11 heavy (non-hydrogen) atoms. The van der Waals surface area contributed by atoms with E-state index in [1.165, 1.54) is 11.0 Å². The molecule has 1 unspecified atom stereocenters. The number of likely N-dealkylation sites (tertiary alicyclic amines) is 1. The average Bonchev–Trinajstić information content (AvgIpc) is 2.34. The number of ether oxygens (including phenoxy) is 1. The number of β-lactam (4-membered cyclic amide) rings is 1. The summed E-state index contributed by atoms with van der Waals surface area (Å²) in [5, 5.41) is 0. The minimum Gasteiger partial charge on any atom is -0.431 e. The lowest BCUT2D eigenvalue weighted by Gasteiger charge is -2.44. The molecule has 0 N–H and O–H groups in total. The zero-order chi connectivity index (χ0) is 8.06. The number of hydrogen-bond acceptors (Lipinski definition) is 3. The molecule has 1 spiro atoms. The lowest BCUT2D eigenvalue weighted by Crippen LogP contribution is -2.60. The Balaban J connectivity index is 2.23. The van der Waals surface area contributed by atoms with E-state index in [0.29, 0.717) is 0 Å². The topological polar surface area (TPSA) is 46.6 Å². The van der Waals surface area contributed by atoms with Crippen LogP contribution in [0.1, 0.15) is 6.42 Å². The fourth-order valence-electron chi connectivity index (χ4n) is 1.29. The Bertz CT molecular complexity index is 271. The van der Waals surface area contributed by atoms with Gasteiger partial charge in [0.1, 0.15) is 0 Å². The van der Waals surface area contributed by atoms with Crippen LogP contribution in [0.3, 0.4) is 0 Å². The molecule has 2 heterocycles. The third-order valence-corrected chi connectivity index (χ3v) is 2.10. The molecular weight excluding hydrogens is 146 g/mol. The molecule has 1 atom stereocenters. The lowest BCUT2D eigenvalue weighted by molar-refractivity contribution is -0.192. The molecule has 4 heteroatoms. The van der Waals surface area contributed by atoms with Gasteiger partial charge in [-0.3, -0.25) is 4.79 Å². The molecule has 0 radical (unpaired) electrons. The first kappa shape index (κ1) is 6.39. The first-order chi connectivity index (χ1) is 5.14. The van der Waals surface area contributed by atoms with Crippen LogP contribution in [-0.2, 0) is 14.3 Å². The van der Waals surface area contributed by atoms with E-state index >= 15 is 0 Å². The Morgan fingerprint density at radius 1 is 1.64 bits per heavy atom. The quantitative estimate of drug-likeness (QED) is 0.353. The Labute approximate surface area is 63.4 Å². The SMILES string of the molecule is CN1C(=O)CC12C=CC(=O)O2. The first-order valence-electron chi connectivity index (χ1n) is 3.33. The summed E-state index contributed by atoms with van der Waals surface area (Å²) in [7, 11) is 1.62. The van der Waals surface area contributed by atoms with Crippen LogP contribution < -0.4 is 0 Å². The molecule has 0 bridgehead atoms. The van der Waals surface area contributed by atoms with Gasteiger partial charge in [0.05, 0.1) is 6.42 Å². The van der Waals surface area contributed by atoms with Crippen molar-refractivity contribution in [2.75, 3.05) is 7.05 Å². The molecule has 1 saturated heterocycles. The summed E-state index contributed by atoms with van der Waals surface area (Å²) >= 11 is 0.